The fourth-order valence-electron chi connectivity index (χ4n) is 13.9. The summed E-state index contributed by atoms with van der Waals surface area (Å²) in [5, 5.41) is 9.28. The molecule has 0 unspecified atom stereocenters. The van der Waals surface area contributed by atoms with E-state index < -0.39 is 0 Å². The van der Waals surface area contributed by atoms with Crippen LogP contribution < -0.4 is 0 Å². The van der Waals surface area contributed by atoms with Crippen LogP contribution in [0.4, 0.5) is 0 Å². The molecular formula is C81H51N7. The van der Waals surface area contributed by atoms with Gasteiger partial charge < -0.3 is 9.13 Å². The molecule has 0 spiro atoms. The van der Waals surface area contributed by atoms with E-state index in [4.69, 9.17) is 15.0 Å². The van der Waals surface area contributed by atoms with Gasteiger partial charge in [0.15, 0.2) is 5.82 Å². The van der Waals surface area contributed by atoms with Crippen molar-refractivity contribution in [3.05, 3.63) is 309 Å². The lowest BCUT2D eigenvalue weighted by Crippen LogP contribution is -2.10. The number of hydrogen-bond donors (Lipinski definition) is 0. The molecule has 7 nitrogen and oxygen atoms in total. The molecule has 13 aromatic carbocycles. The van der Waals surface area contributed by atoms with Crippen molar-refractivity contribution in [2.45, 2.75) is 0 Å². The Morgan fingerprint density at radius 2 is 0.500 bits per heavy atom. The number of para-hydroxylation sites is 6. The molecule has 0 aliphatic carbocycles. The number of fused-ring (bicyclic) bond motifs is 12. The maximum atomic E-state index is 5.67. The molecule has 0 radical (unpaired) electrons. The predicted octanol–water partition coefficient (Wildman–Crippen LogP) is 20.6. The van der Waals surface area contributed by atoms with Crippen LogP contribution in [0.2, 0.25) is 0 Å². The third-order valence-electron chi connectivity index (χ3n) is 17.9. The molecule has 0 fully saturated rings. The van der Waals surface area contributed by atoms with Crippen LogP contribution in [0.25, 0.3) is 166 Å². The monoisotopic (exact) mass is 1120 g/mol. The van der Waals surface area contributed by atoms with Gasteiger partial charge in [-0.25, -0.2) is 0 Å². The Labute approximate surface area is 506 Å². The molecule has 5 heterocycles. The predicted molar refractivity (Wildman–Crippen MR) is 364 cm³/mol. The minimum Gasteiger partial charge on any atom is -0.309 e. The second kappa shape index (κ2) is 19.8. The Bertz CT molecular complexity index is 5500. The normalized spacial score (nSPS) is 11.9. The highest BCUT2D eigenvalue weighted by Crippen LogP contribution is 2.44. The zero-order chi connectivity index (χ0) is 57.8. The highest BCUT2D eigenvalue weighted by atomic mass is 15.3. The van der Waals surface area contributed by atoms with Crippen LogP contribution in [-0.4, -0.2) is 33.2 Å². The van der Waals surface area contributed by atoms with Crippen molar-refractivity contribution in [2.24, 2.45) is 0 Å². The van der Waals surface area contributed by atoms with Crippen LogP contribution in [0.3, 0.4) is 0 Å². The Morgan fingerprint density at radius 3 is 0.898 bits per heavy atom. The molecule has 0 bridgehead atoms. The number of benzene rings is 13. The van der Waals surface area contributed by atoms with E-state index in [-0.39, 0.29) is 0 Å². The molecule has 410 valence electrons. The first-order valence-electron chi connectivity index (χ1n) is 29.9. The third kappa shape index (κ3) is 7.74. The van der Waals surface area contributed by atoms with Gasteiger partial charge in [0, 0.05) is 65.6 Å². The highest BCUT2D eigenvalue weighted by Gasteiger charge is 2.25. The summed E-state index contributed by atoms with van der Waals surface area (Å²) in [4.78, 5) is 17.0. The van der Waals surface area contributed by atoms with E-state index >= 15 is 0 Å². The summed E-state index contributed by atoms with van der Waals surface area (Å²) in [6.45, 7) is 0. The van der Waals surface area contributed by atoms with E-state index in [1.807, 2.05) is 0 Å². The quantitative estimate of drug-likeness (QED) is 0.145. The first-order valence-corrected chi connectivity index (χ1v) is 29.9. The highest BCUT2D eigenvalue weighted by molar-refractivity contribution is 6.15. The van der Waals surface area contributed by atoms with Gasteiger partial charge in [-0.15, -0.1) is 0 Å². The Hall–Kier alpha value is -11.9. The molecule has 0 atom stereocenters. The van der Waals surface area contributed by atoms with Gasteiger partial charge >= 0.3 is 0 Å². The molecule has 0 aliphatic rings. The van der Waals surface area contributed by atoms with Crippen molar-refractivity contribution in [3.63, 3.8) is 0 Å². The van der Waals surface area contributed by atoms with Gasteiger partial charge in [-0.05, 0) is 136 Å². The van der Waals surface area contributed by atoms with Crippen molar-refractivity contribution in [1.82, 2.24) is 33.2 Å². The van der Waals surface area contributed by atoms with Crippen LogP contribution in [0.1, 0.15) is 0 Å². The smallest absolute Gasteiger partial charge is 0.240 e. The van der Waals surface area contributed by atoms with Gasteiger partial charge in [-0.1, -0.05) is 212 Å². The average molecular weight is 1120 g/mol. The summed E-state index contributed by atoms with van der Waals surface area (Å²) < 4.78 is 9.21. The fourth-order valence-corrected chi connectivity index (χ4v) is 13.9. The minimum atomic E-state index is 0.517. The second-order valence-corrected chi connectivity index (χ2v) is 22.7. The van der Waals surface area contributed by atoms with Crippen LogP contribution >= 0.6 is 0 Å². The van der Waals surface area contributed by atoms with Crippen molar-refractivity contribution in [2.75, 3.05) is 0 Å². The topological polar surface area (TPSA) is 58.4 Å². The Morgan fingerprint density at radius 1 is 0.193 bits per heavy atom. The lowest BCUT2D eigenvalue weighted by atomic mass is 9.90. The number of nitrogens with zero attached hydrogens (tertiary/aromatic N) is 7. The van der Waals surface area contributed by atoms with E-state index in [2.05, 4.69) is 328 Å². The Balaban J connectivity index is 0.850. The molecule has 0 N–H and O–H groups in total. The summed E-state index contributed by atoms with van der Waals surface area (Å²) in [5.41, 5.74) is 20.7. The lowest BCUT2D eigenvalue weighted by Gasteiger charge is -2.17. The number of hydrogen-bond acceptors (Lipinski definition) is 3. The number of aromatic nitrogens is 7. The molecule has 18 aromatic rings. The number of rotatable bonds is 9. The zero-order valence-corrected chi connectivity index (χ0v) is 47.6. The van der Waals surface area contributed by atoms with Gasteiger partial charge in [0.1, 0.15) is 0 Å². The average Bonchev–Trinajstić information content (AvgIpc) is 1.94. The molecule has 0 amide bonds. The third-order valence-corrected chi connectivity index (χ3v) is 17.9. The second-order valence-electron chi connectivity index (χ2n) is 22.7. The zero-order valence-electron chi connectivity index (χ0n) is 47.6. The van der Waals surface area contributed by atoms with E-state index in [1.54, 1.807) is 0 Å². The van der Waals surface area contributed by atoms with Gasteiger partial charge in [-0.2, -0.15) is 15.0 Å². The van der Waals surface area contributed by atoms with Gasteiger partial charge in [0.2, 0.25) is 11.9 Å². The van der Waals surface area contributed by atoms with Crippen molar-refractivity contribution < 1.29 is 0 Å². The molecular weight excluding hydrogens is 1070 g/mol. The maximum Gasteiger partial charge on any atom is 0.240 e. The van der Waals surface area contributed by atoms with Crippen LogP contribution in [0, 0.1) is 0 Å². The van der Waals surface area contributed by atoms with Crippen molar-refractivity contribution in [3.8, 4) is 79.2 Å². The van der Waals surface area contributed by atoms with E-state index in [9.17, 15) is 0 Å². The SMILES string of the molecule is c1ccc(-c2cccc(-c3nc(-n4c5ccccc5c5cc(-c6ccc7c(c6)c6ccccc6n7-c6ccccc6)ccc54)nc(-n4c5ccccc5c5cc(-c6ccc7c(c6)c6ccccc6n7-c6ccccc6)ccc54)n3)c2-c2ccccc2)cc1. The first kappa shape index (κ1) is 49.5. The van der Waals surface area contributed by atoms with E-state index in [1.165, 1.54) is 43.6 Å². The molecule has 7 heteroatoms. The standard InChI is InChI=1S/C81H51N7/c1-5-22-52(23-6-1)60-34-21-35-65(78(60)53-24-7-2-8-25-53)79-82-80(87-72-38-19-15-32-63(72)68-50-56(42-46-76(68)87)54-40-44-74-66(48-54)61-30-13-17-36-70(61)85(74)58-26-9-3-10-27-58)84-81(83-79)88-73-39-20-16-33-64(73)69-51-57(43-47-77(69)88)55-41-45-75-67(49-55)62-31-14-18-37-71(62)86(75)59-28-11-4-12-29-59/h1-51H. The molecule has 5 aromatic heterocycles. The maximum absolute atomic E-state index is 5.67. The minimum absolute atomic E-state index is 0.517. The van der Waals surface area contributed by atoms with E-state index in [0.29, 0.717) is 17.7 Å². The lowest BCUT2D eigenvalue weighted by molar-refractivity contribution is 0.893. The molecule has 18 rings (SSSR count). The van der Waals surface area contributed by atoms with Crippen LogP contribution in [0.5, 0.6) is 0 Å². The Kier molecular flexibility index (Phi) is 11.2. The summed E-state index contributed by atoms with van der Waals surface area (Å²) in [6.07, 6.45) is 0. The largest absolute Gasteiger partial charge is 0.309 e. The van der Waals surface area contributed by atoms with Crippen LogP contribution in [0.15, 0.2) is 309 Å². The summed E-state index contributed by atoms with van der Waals surface area (Å²) in [5.74, 6) is 1.60. The molecule has 88 heavy (non-hydrogen) atoms. The van der Waals surface area contributed by atoms with Gasteiger partial charge in [0.25, 0.3) is 0 Å². The fraction of sp³-hybridized carbons (Fsp3) is 0. The van der Waals surface area contributed by atoms with Gasteiger partial charge in [-0.3, -0.25) is 9.13 Å². The molecule has 0 saturated carbocycles. The van der Waals surface area contributed by atoms with Crippen LogP contribution in [-0.2, 0) is 0 Å². The molecule has 0 aliphatic heterocycles. The summed E-state index contributed by atoms with van der Waals surface area (Å²) in [7, 11) is 0. The summed E-state index contributed by atoms with van der Waals surface area (Å²) >= 11 is 0. The van der Waals surface area contributed by atoms with Crippen molar-refractivity contribution in [1.29, 1.82) is 0 Å². The van der Waals surface area contributed by atoms with Crippen molar-refractivity contribution >= 4 is 87.2 Å². The first-order chi connectivity index (χ1) is 43.7. The summed E-state index contributed by atoms with van der Waals surface area (Å²) in [6, 6.07) is 111. The molecule has 0 saturated heterocycles. The van der Waals surface area contributed by atoms with Gasteiger partial charge in [0.05, 0.1) is 44.1 Å². The van der Waals surface area contributed by atoms with E-state index in [0.717, 1.165) is 105 Å².